The molecule has 0 saturated carbocycles. The van der Waals surface area contributed by atoms with Gasteiger partial charge >= 0.3 is 0 Å². The van der Waals surface area contributed by atoms with Crippen molar-refractivity contribution in [1.29, 1.82) is 0 Å². The quantitative estimate of drug-likeness (QED) is 0.0330. The summed E-state index contributed by atoms with van der Waals surface area (Å²) in [4.78, 5) is 10.6. The number of carbonyl (C=O) groups excluding carboxylic acids is 1. The highest BCUT2D eigenvalue weighted by atomic mass is 16.7. The van der Waals surface area contributed by atoms with Crippen molar-refractivity contribution >= 4 is 5.91 Å². The van der Waals surface area contributed by atoms with Crippen molar-refractivity contribution in [1.82, 2.24) is 0 Å². The summed E-state index contributed by atoms with van der Waals surface area (Å²) < 4.78 is 10.7. The number of aliphatic hydroxyl groups excluding tert-OH is 5. The van der Waals surface area contributed by atoms with Gasteiger partial charge in [-0.3, -0.25) is 4.79 Å². The second-order valence-corrected chi connectivity index (χ2v) is 18.0. The van der Waals surface area contributed by atoms with Gasteiger partial charge in [0.2, 0.25) is 5.91 Å². The van der Waals surface area contributed by atoms with Gasteiger partial charge in [0.15, 0.2) is 6.29 Å². The van der Waals surface area contributed by atoms with Gasteiger partial charge in [0.05, 0.1) is 19.3 Å². The maximum Gasteiger partial charge on any atom is 0.217 e. The first-order chi connectivity index (χ1) is 28.8. The van der Waals surface area contributed by atoms with Gasteiger partial charge in [-0.2, -0.15) is 0 Å². The Kier molecular flexibility index (Phi) is 44.6. The molecule has 354 valence electrons. The topological polar surface area (TPSA) is 163 Å². The van der Waals surface area contributed by atoms with Crippen LogP contribution in [-0.4, -0.2) is 81.5 Å². The van der Waals surface area contributed by atoms with Crippen molar-refractivity contribution in [3.05, 3.63) is 0 Å². The summed E-state index contributed by atoms with van der Waals surface area (Å²) in [5.74, 6) is -0.150. The van der Waals surface area contributed by atoms with E-state index in [0.29, 0.717) is 12.8 Å². The van der Waals surface area contributed by atoms with Crippen LogP contribution in [0, 0.1) is 0 Å². The van der Waals surface area contributed by atoms with Crippen molar-refractivity contribution in [2.45, 2.75) is 301 Å². The molecule has 0 aliphatic carbocycles. The number of rotatable bonds is 43. The third-order valence-electron chi connectivity index (χ3n) is 12.2. The smallest absolute Gasteiger partial charge is 0.217 e. The third-order valence-corrected chi connectivity index (χ3v) is 12.2. The lowest BCUT2D eigenvalue weighted by Crippen LogP contribution is -2.59. The lowest BCUT2D eigenvalue weighted by Gasteiger charge is -2.39. The molecule has 1 amide bonds. The van der Waals surface area contributed by atoms with Gasteiger partial charge < -0.3 is 40.7 Å². The van der Waals surface area contributed by atoms with Gasteiger partial charge in [0.25, 0.3) is 0 Å². The fraction of sp³-hybridized carbons (Fsp3) is 0.980. The Balaban J connectivity index is 0.00000115. The predicted molar refractivity (Wildman–Crippen MR) is 246 cm³/mol. The number of unbranched alkanes of at least 4 members (excludes halogenated alkanes) is 34. The van der Waals surface area contributed by atoms with Crippen LogP contribution in [0.1, 0.15) is 264 Å². The molecule has 1 heterocycles. The molecule has 1 rings (SSSR count). The summed E-state index contributed by atoms with van der Waals surface area (Å²) >= 11 is 0. The number of ether oxygens (including phenoxy) is 2. The zero-order valence-electron chi connectivity index (χ0n) is 39.0. The largest absolute Gasteiger partial charge is 0.394 e. The minimum Gasteiger partial charge on any atom is -0.394 e. The molecule has 6 unspecified atom stereocenters. The van der Waals surface area contributed by atoms with E-state index < -0.39 is 43.4 Å². The molecule has 59 heavy (non-hydrogen) atoms. The van der Waals surface area contributed by atoms with Crippen LogP contribution in [0.25, 0.3) is 0 Å². The van der Waals surface area contributed by atoms with Crippen LogP contribution in [0.4, 0.5) is 0 Å². The summed E-state index contributed by atoms with van der Waals surface area (Å²) in [5.41, 5.74) is 5.15. The second-order valence-electron chi connectivity index (χ2n) is 18.0. The SMILES string of the molecule is CCCCCCCCCCCCCCCC(O)CCOC1OC(CO)C(O)C(O)C1O.CCCCCCCCCCCCCCCCCCCCCCCCCC(N)=O. The molecule has 1 aliphatic heterocycles. The van der Waals surface area contributed by atoms with Crippen molar-refractivity contribution in [3.8, 4) is 0 Å². The molecule has 6 atom stereocenters. The minimum atomic E-state index is -1.44. The Hall–Kier alpha value is -0.810. The third kappa shape index (κ3) is 38.6. The van der Waals surface area contributed by atoms with Gasteiger partial charge in [-0.25, -0.2) is 0 Å². The van der Waals surface area contributed by atoms with E-state index >= 15 is 0 Å². The molecule has 0 bridgehead atoms. The summed E-state index contributed by atoms with van der Waals surface area (Å²) in [5, 5.41) is 48.7. The number of carbonyl (C=O) groups is 1. The van der Waals surface area contributed by atoms with Gasteiger partial charge in [-0.15, -0.1) is 0 Å². The van der Waals surface area contributed by atoms with Crippen LogP contribution in [-0.2, 0) is 14.3 Å². The molecule has 9 nitrogen and oxygen atoms in total. The minimum absolute atomic E-state index is 0.150. The van der Waals surface area contributed by atoms with Crippen LogP contribution >= 0.6 is 0 Å². The van der Waals surface area contributed by atoms with E-state index in [4.69, 9.17) is 15.2 Å². The van der Waals surface area contributed by atoms with E-state index in [9.17, 15) is 30.3 Å². The number of primary amides is 1. The number of hydrogen-bond donors (Lipinski definition) is 6. The summed E-state index contributed by atoms with van der Waals surface area (Å²) in [6, 6.07) is 0. The maximum absolute atomic E-state index is 10.6. The van der Waals surface area contributed by atoms with E-state index in [1.165, 1.54) is 212 Å². The highest BCUT2D eigenvalue weighted by molar-refractivity contribution is 5.73. The zero-order valence-corrected chi connectivity index (χ0v) is 39.0. The molecule has 0 spiro atoms. The molecular weight excluding hydrogens is 743 g/mol. The average Bonchev–Trinajstić information content (AvgIpc) is 3.23. The van der Waals surface area contributed by atoms with Crippen molar-refractivity contribution in [2.75, 3.05) is 13.2 Å². The summed E-state index contributed by atoms with van der Waals surface area (Å²) in [6.45, 7) is 4.24. The Morgan fingerprint density at radius 3 is 1.14 bits per heavy atom. The fourth-order valence-corrected chi connectivity index (χ4v) is 8.15. The van der Waals surface area contributed by atoms with Gasteiger partial charge in [0.1, 0.15) is 24.4 Å². The van der Waals surface area contributed by atoms with Crippen LogP contribution in [0.15, 0.2) is 0 Å². The van der Waals surface area contributed by atoms with E-state index in [2.05, 4.69) is 13.8 Å². The highest BCUT2D eigenvalue weighted by Crippen LogP contribution is 2.23. The van der Waals surface area contributed by atoms with Gasteiger partial charge in [-0.1, -0.05) is 239 Å². The van der Waals surface area contributed by atoms with Crippen LogP contribution in [0.3, 0.4) is 0 Å². The average molecular weight is 844 g/mol. The molecule has 1 aliphatic rings. The molecule has 1 fully saturated rings. The van der Waals surface area contributed by atoms with E-state index in [1.54, 1.807) is 0 Å². The number of aliphatic hydroxyl groups is 5. The maximum atomic E-state index is 10.6. The standard InChI is InChI=1S/C26H53NO.C24H48O7/c1-2-3-4-5-6-7-8-9-10-11-12-13-14-15-16-17-18-19-20-21-22-23-24-25-26(27)28;1-2-3-4-5-6-7-8-9-10-11-12-13-14-15-19(26)16-17-30-24-23(29)22(28)21(27)20(18-25)31-24/h2-25H2,1H3,(H2,27,28);19-29H,2-18H2,1H3. The first-order valence-electron chi connectivity index (χ1n) is 25.7. The Morgan fingerprint density at radius 2 is 0.814 bits per heavy atom. The summed E-state index contributed by atoms with van der Waals surface area (Å²) in [7, 11) is 0. The molecule has 0 aromatic carbocycles. The van der Waals surface area contributed by atoms with Gasteiger partial charge in [-0.05, 0) is 19.3 Å². The van der Waals surface area contributed by atoms with Crippen LogP contribution < -0.4 is 5.73 Å². The van der Waals surface area contributed by atoms with Crippen LogP contribution in [0.5, 0.6) is 0 Å². The van der Waals surface area contributed by atoms with Crippen molar-refractivity contribution in [2.24, 2.45) is 5.73 Å². The van der Waals surface area contributed by atoms with Crippen LogP contribution in [0.2, 0.25) is 0 Å². The van der Waals surface area contributed by atoms with E-state index in [0.717, 1.165) is 25.7 Å². The van der Waals surface area contributed by atoms with E-state index in [1.807, 2.05) is 0 Å². The second kappa shape index (κ2) is 45.2. The Morgan fingerprint density at radius 1 is 0.492 bits per heavy atom. The molecule has 0 aromatic rings. The molecule has 0 radical (unpaired) electrons. The molecular formula is C50H101NO8. The van der Waals surface area contributed by atoms with E-state index in [-0.39, 0.29) is 12.5 Å². The van der Waals surface area contributed by atoms with Crippen molar-refractivity contribution in [3.63, 3.8) is 0 Å². The number of nitrogens with two attached hydrogens (primary N) is 1. The van der Waals surface area contributed by atoms with Gasteiger partial charge in [0, 0.05) is 6.42 Å². The first-order valence-corrected chi connectivity index (χ1v) is 25.7. The summed E-state index contributed by atoms with van der Waals surface area (Å²) in [6.07, 6.45) is 43.9. The highest BCUT2D eigenvalue weighted by Gasteiger charge is 2.44. The lowest BCUT2D eigenvalue weighted by molar-refractivity contribution is -0.301. The molecule has 9 heteroatoms. The lowest BCUT2D eigenvalue weighted by atomic mass is 9.99. The van der Waals surface area contributed by atoms with Crippen molar-refractivity contribution < 1.29 is 39.8 Å². The Labute approximate surface area is 364 Å². The Bertz CT molecular complexity index is 848. The molecule has 1 saturated heterocycles. The molecule has 0 aromatic heterocycles. The first kappa shape index (κ1) is 58.2. The number of hydrogen-bond acceptors (Lipinski definition) is 8. The number of amides is 1. The monoisotopic (exact) mass is 844 g/mol. The molecule has 7 N–H and O–H groups in total. The zero-order chi connectivity index (χ0) is 43.4. The fourth-order valence-electron chi connectivity index (χ4n) is 8.15. The normalized spacial score (nSPS) is 19.7. The predicted octanol–water partition coefficient (Wildman–Crippen LogP) is 11.9.